The van der Waals surface area contributed by atoms with E-state index in [2.05, 4.69) is 17.4 Å². The van der Waals surface area contributed by atoms with E-state index in [-0.39, 0.29) is 24.8 Å². The van der Waals surface area contributed by atoms with Gasteiger partial charge in [-0.3, -0.25) is 9.59 Å². The molecule has 0 heterocycles. The van der Waals surface area contributed by atoms with Crippen LogP contribution < -0.4 is 14.8 Å². The van der Waals surface area contributed by atoms with Crippen molar-refractivity contribution in [1.29, 1.82) is 0 Å². The van der Waals surface area contributed by atoms with Crippen molar-refractivity contribution in [3.05, 3.63) is 23.8 Å². The van der Waals surface area contributed by atoms with Gasteiger partial charge in [-0.1, -0.05) is 32.3 Å². The van der Waals surface area contributed by atoms with E-state index in [1.165, 1.54) is 5.56 Å². The van der Waals surface area contributed by atoms with Gasteiger partial charge in [0.15, 0.2) is 11.5 Å². The standard InChI is InChI=1S/C23H37NO6/c1-18(23(27)24-14-13-22(25)26)9-6-4-5-7-10-19-11-12-20(29-3)21(17-19)30-16-8-15-28-2/h11-12,17-18H,4-10,13-16H2,1-3H3,(H,24,27)(H,25,26)/t18-/m1/s1. The summed E-state index contributed by atoms with van der Waals surface area (Å²) in [5.74, 6) is 0.468. The quantitative estimate of drug-likeness (QED) is 0.370. The zero-order valence-corrected chi connectivity index (χ0v) is 18.6. The van der Waals surface area contributed by atoms with Gasteiger partial charge in [0.25, 0.3) is 0 Å². The van der Waals surface area contributed by atoms with E-state index >= 15 is 0 Å². The summed E-state index contributed by atoms with van der Waals surface area (Å²) >= 11 is 0. The van der Waals surface area contributed by atoms with E-state index < -0.39 is 5.97 Å². The maximum absolute atomic E-state index is 11.9. The number of ether oxygens (including phenoxy) is 3. The predicted octanol–water partition coefficient (Wildman–Crippen LogP) is 3.83. The summed E-state index contributed by atoms with van der Waals surface area (Å²) in [6, 6.07) is 6.07. The normalized spacial score (nSPS) is 11.7. The number of hydrogen-bond acceptors (Lipinski definition) is 5. The second-order valence-electron chi connectivity index (χ2n) is 7.47. The van der Waals surface area contributed by atoms with Gasteiger partial charge in [0.05, 0.1) is 20.1 Å². The molecule has 1 atom stereocenters. The third-order valence-electron chi connectivity index (χ3n) is 4.92. The fourth-order valence-corrected chi connectivity index (χ4v) is 3.11. The first-order chi connectivity index (χ1) is 14.5. The number of carbonyl (C=O) groups is 2. The summed E-state index contributed by atoms with van der Waals surface area (Å²) in [6.45, 7) is 3.35. The van der Waals surface area contributed by atoms with Crippen molar-refractivity contribution < 1.29 is 28.9 Å². The van der Waals surface area contributed by atoms with Crippen LogP contribution in [0.25, 0.3) is 0 Å². The Balaban J connectivity index is 2.25. The van der Waals surface area contributed by atoms with E-state index in [1.54, 1.807) is 14.2 Å². The lowest BCUT2D eigenvalue weighted by Gasteiger charge is -2.13. The number of carboxylic acid groups (broad SMARTS) is 1. The minimum Gasteiger partial charge on any atom is -0.493 e. The molecule has 0 fully saturated rings. The first-order valence-electron chi connectivity index (χ1n) is 10.8. The molecule has 2 N–H and O–H groups in total. The van der Waals surface area contributed by atoms with Gasteiger partial charge in [-0.2, -0.15) is 0 Å². The lowest BCUT2D eigenvalue weighted by atomic mass is 10.00. The number of methoxy groups -OCH3 is 2. The molecule has 0 aliphatic heterocycles. The van der Waals surface area contributed by atoms with Crippen LogP contribution in [-0.4, -0.2) is 51.0 Å². The van der Waals surface area contributed by atoms with Gasteiger partial charge in [-0.15, -0.1) is 0 Å². The number of unbranched alkanes of at least 4 members (excludes halogenated alkanes) is 3. The number of rotatable bonds is 17. The molecule has 1 aromatic rings. The van der Waals surface area contributed by atoms with Crippen molar-refractivity contribution in [2.75, 3.05) is 34.0 Å². The Hall–Kier alpha value is -2.28. The molecule has 30 heavy (non-hydrogen) atoms. The second kappa shape index (κ2) is 15.5. The number of benzene rings is 1. The summed E-state index contributed by atoms with van der Waals surface area (Å²) in [4.78, 5) is 22.4. The Labute approximate surface area is 180 Å². The highest BCUT2D eigenvalue weighted by Gasteiger charge is 2.12. The lowest BCUT2D eigenvalue weighted by molar-refractivity contribution is -0.137. The van der Waals surface area contributed by atoms with E-state index in [9.17, 15) is 9.59 Å². The van der Waals surface area contributed by atoms with Crippen molar-refractivity contribution in [3.8, 4) is 11.5 Å². The van der Waals surface area contributed by atoms with Crippen LogP contribution in [0.2, 0.25) is 0 Å². The summed E-state index contributed by atoms with van der Waals surface area (Å²) in [5, 5.41) is 11.3. The smallest absolute Gasteiger partial charge is 0.305 e. The fraction of sp³-hybridized carbons (Fsp3) is 0.652. The fourth-order valence-electron chi connectivity index (χ4n) is 3.11. The van der Waals surface area contributed by atoms with Crippen molar-refractivity contribution in [2.24, 2.45) is 5.92 Å². The van der Waals surface area contributed by atoms with Gasteiger partial charge in [0.2, 0.25) is 5.91 Å². The zero-order chi connectivity index (χ0) is 22.2. The van der Waals surface area contributed by atoms with Gasteiger partial charge < -0.3 is 24.6 Å². The van der Waals surface area contributed by atoms with Gasteiger partial charge in [0.1, 0.15) is 0 Å². The topological polar surface area (TPSA) is 94.1 Å². The maximum atomic E-state index is 11.9. The van der Waals surface area contributed by atoms with Gasteiger partial charge in [0, 0.05) is 32.6 Å². The Morgan fingerprint density at radius 3 is 2.50 bits per heavy atom. The maximum Gasteiger partial charge on any atom is 0.305 e. The minimum atomic E-state index is -0.899. The summed E-state index contributed by atoms with van der Waals surface area (Å²) in [5.41, 5.74) is 1.23. The van der Waals surface area contributed by atoms with Crippen LogP contribution in [0.15, 0.2) is 18.2 Å². The third kappa shape index (κ3) is 11.0. The first kappa shape index (κ1) is 25.8. The van der Waals surface area contributed by atoms with E-state index in [0.717, 1.165) is 56.4 Å². The summed E-state index contributed by atoms with van der Waals surface area (Å²) < 4.78 is 16.2. The third-order valence-corrected chi connectivity index (χ3v) is 4.92. The molecule has 0 saturated heterocycles. The van der Waals surface area contributed by atoms with Crippen LogP contribution in [0.3, 0.4) is 0 Å². The Morgan fingerprint density at radius 2 is 1.80 bits per heavy atom. The van der Waals surface area contributed by atoms with Gasteiger partial charge in [-0.25, -0.2) is 0 Å². The molecule has 7 heteroatoms. The molecule has 0 unspecified atom stereocenters. The van der Waals surface area contributed by atoms with Gasteiger partial charge in [-0.05, 0) is 37.0 Å². The summed E-state index contributed by atoms with van der Waals surface area (Å²) in [6.07, 6.45) is 6.83. The largest absolute Gasteiger partial charge is 0.493 e. The molecule has 7 nitrogen and oxygen atoms in total. The lowest BCUT2D eigenvalue weighted by Crippen LogP contribution is -2.31. The molecule has 1 rings (SSSR count). The van der Waals surface area contributed by atoms with E-state index in [4.69, 9.17) is 19.3 Å². The number of amides is 1. The molecule has 0 radical (unpaired) electrons. The molecule has 0 aromatic heterocycles. The predicted molar refractivity (Wildman–Crippen MR) is 116 cm³/mol. The van der Waals surface area contributed by atoms with Gasteiger partial charge >= 0.3 is 5.97 Å². The molecule has 0 saturated carbocycles. The van der Waals surface area contributed by atoms with Crippen LogP contribution >= 0.6 is 0 Å². The van der Waals surface area contributed by atoms with Crippen molar-refractivity contribution in [3.63, 3.8) is 0 Å². The highest BCUT2D eigenvalue weighted by Crippen LogP contribution is 2.29. The number of hydrogen-bond donors (Lipinski definition) is 2. The first-order valence-corrected chi connectivity index (χ1v) is 10.8. The Kier molecular flexibility index (Phi) is 13.3. The Bertz CT molecular complexity index is 634. The molecule has 0 bridgehead atoms. The monoisotopic (exact) mass is 423 g/mol. The molecular weight excluding hydrogens is 386 g/mol. The molecule has 1 amide bonds. The summed E-state index contributed by atoms with van der Waals surface area (Å²) in [7, 11) is 3.32. The van der Waals surface area contributed by atoms with Crippen molar-refractivity contribution >= 4 is 11.9 Å². The highest BCUT2D eigenvalue weighted by atomic mass is 16.5. The molecule has 0 aliphatic rings. The number of nitrogens with one attached hydrogen (secondary N) is 1. The van der Waals surface area contributed by atoms with Crippen LogP contribution in [0.1, 0.15) is 57.4 Å². The minimum absolute atomic E-state index is 0.0380. The second-order valence-corrected chi connectivity index (χ2v) is 7.47. The number of carbonyl (C=O) groups excluding carboxylic acids is 1. The molecule has 170 valence electrons. The van der Waals surface area contributed by atoms with Crippen molar-refractivity contribution in [2.45, 2.75) is 58.3 Å². The van der Waals surface area contributed by atoms with Crippen LogP contribution in [-0.2, 0) is 20.7 Å². The Morgan fingerprint density at radius 1 is 1.03 bits per heavy atom. The van der Waals surface area contributed by atoms with Crippen LogP contribution in [0.5, 0.6) is 11.5 Å². The SMILES string of the molecule is COCCCOc1cc(CCCCCC[C@@H](C)C(=O)NCCC(=O)O)ccc1OC. The van der Waals surface area contributed by atoms with E-state index in [1.807, 2.05) is 13.0 Å². The average Bonchev–Trinajstić information content (AvgIpc) is 2.73. The molecule has 0 spiro atoms. The van der Waals surface area contributed by atoms with Crippen LogP contribution in [0.4, 0.5) is 0 Å². The average molecular weight is 424 g/mol. The number of aryl methyl sites for hydroxylation is 1. The van der Waals surface area contributed by atoms with E-state index in [0.29, 0.717) is 13.2 Å². The number of aliphatic carboxylic acids is 1. The zero-order valence-electron chi connectivity index (χ0n) is 18.6. The molecular formula is C23H37NO6. The molecule has 1 aromatic carbocycles. The molecule has 0 aliphatic carbocycles. The van der Waals surface area contributed by atoms with Crippen LogP contribution in [0, 0.1) is 5.92 Å². The number of carboxylic acids is 1. The highest BCUT2D eigenvalue weighted by molar-refractivity contribution is 5.78. The van der Waals surface area contributed by atoms with Crippen molar-refractivity contribution in [1.82, 2.24) is 5.32 Å².